The van der Waals surface area contributed by atoms with Crippen LogP contribution < -0.4 is 15.2 Å². The summed E-state index contributed by atoms with van der Waals surface area (Å²) in [5.41, 5.74) is 8.95. The molecule has 1 aliphatic rings. The van der Waals surface area contributed by atoms with Gasteiger partial charge in [-0.2, -0.15) is 11.8 Å². The van der Waals surface area contributed by atoms with Crippen molar-refractivity contribution in [3.05, 3.63) is 45.1 Å². The molecule has 0 bridgehead atoms. The van der Waals surface area contributed by atoms with Crippen molar-refractivity contribution in [2.45, 2.75) is 18.2 Å². The minimum absolute atomic E-state index is 0.130. The highest BCUT2D eigenvalue weighted by molar-refractivity contribution is 7.98. The Balaban J connectivity index is 1.93. The van der Waals surface area contributed by atoms with E-state index >= 15 is 0 Å². The molecule has 0 radical (unpaired) electrons. The molecule has 1 aromatic carbocycles. The minimum Gasteiger partial charge on any atom is -0.497 e. The monoisotopic (exact) mass is 321 g/mol. The first-order chi connectivity index (χ1) is 10.2. The minimum atomic E-state index is -0.130. The van der Waals surface area contributed by atoms with Crippen LogP contribution in [-0.4, -0.2) is 20.0 Å². The van der Waals surface area contributed by atoms with Crippen LogP contribution >= 0.6 is 23.1 Å². The van der Waals surface area contributed by atoms with Gasteiger partial charge in [-0.1, -0.05) is 0 Å². The van der Waals surface area contributed by atoms with Crippen molar-refractivity contribution >= 4 is 23.1 Å². The Morgan fingerprint density at radius 1 is 1.10 bits per heavy atom. The van der Waals surface area contributed by atoms with Gasteiger partial charge in [0.1, 0.15) is 11.5 Å². The van der Waals surface area contributed by atoms with E-state index in [0.29, 0.717) is 0 Å². The molecule has 0 amide bonds. The van der Waals surface area contributed by atoms with Crippen LogP contribution in [0.25, 0.3) is 0 Å². The summed E-state index contributed by atoms with van der Waals surface area (Å²) in [6, 6.07) is 7.98. The number of thiophene rings is 1. The van der Waals surface area contributed by atoms with E-state index in [0.717, 1.165) is 22.8 Å². The summed E-state index contributed by atoms with van der Waals surface area (Å²) in [5, 5.41) is 0. The molecule has 0 saturated carbocycles. The molecule has 2 heterocycles. The van der Waals surface area contributed by atoms with Crippen molar-refractivity contribution in [1.82, 2.24) is 0 Å². The number of thioether (sulfide) groups is 1. The second kappa shape index (κ2) is 6.30. The van der Waals surface area contributed by atoms with Gasteiger partial charge in [0.15, 0.2) is 0 Å². The van der Waals surface area contributed by atoms with Gasteiger partial charge in [-0.3, -0.25) is 0 Å². The van der Waals surface area contributed by atoms with Crippen LogP contribution in [0.4, 0.5) is 0 Å². The Hall–Kier alpha value is -1.17. The summed E-state index contributed by atoms with van der Waals surface area (Å²) in [7, 11) is 3.32. The zero-order valence-corrected chi connectivity index (χ0v) is 13.9. The van der Waals surface area contributed by atoms with Crippen molar-refractivity contribution in [3.8, 4) is 11.5 Å². The van der Waals surface area contributed by atoms with E-state index in [-0.39, 0.29) is 6.04 Å². The van der Waals surface area contributed by atoms with Crippen LogP contribution in [0, 0.1) is 0 Å². The quantitative estimate of drug-likeness (QED) is 0.934. The fraction of sp³-hybridized carbons (Fsp3) is 0.375. The van der Waals surface area contributed by atoms with Gasteiger partial charge in [-0.15, -0.1) is 11.3 Å². The molecule has 0 spiro atoms. The smallest absolute Gasteiger partial charge is 0.122 e. The number of ether oxygens (including phenoxy) is 2. The maximum Gasteiger partial charge on any atom is 0.122 e. The maximum absolute atomic E-state index is 6.47. The number of nitrogens with two attached hydrogens (primary N) is 1. The van der Waals surface area contributed by atoms with Crippen LogP contribution in [0.15, 0.2) is 24.3 Å². The Bertz CT molecular complexity index is 593. The van der Waals surface area contributed by atoms with E-state index in [1.165, 1.54) is 27.5 Å². The van der Waals surface area contributed by atoms with Crippen LogP contribution in [0.5, 0.6) is 11.5 Å². The first-order valence-corrected chi connectivity index (χ1v) is 8.86. The van der Waals surface area contributed by atoms with E-state index in [1.54, 1.807) is 14.2 Å². The molecule has 5 heteroatoms. The van der Waals surface area contributed by atoms with Crippen LogP contribution in [0.2, 0.25) is 0 Å². The zero-order valence-electron chi connectivity index (χ0n) is 12.2. The largest absolute Gasteiger partial charge is 0.497 e. The molecule has 1 atom stereocenters. The molecule has 1 unspecified atom stereocenters. The molecule has 0 fully saturated rings. The molecule has 1 aliphatic heterocycles. The summed E-state index contributed by atoms with van der Waals surface area (Å²) in [5.74, 6) is 3.88. The molecule has 0 aliphatic carbocycles. The summed E-state index contributed by atoms with van der Waals surface area (Å²) >= 11 is 3.84. The molecule has 3 nitrogen and oxygen atoms in total. The number of methoxy groups -OCH3 is 2. The first kappa shape index (κ1) is 14.8. The van der Waals surface area contributed by atoms with Gasteiger partial charge < -0.3 is 15.2 Å². The van der Waals surface area contributed by atoms with Crippen molar-refractivity contribution in [3.63, 3.8) is 0 Å². The lowest BCUT2D eigenvalue weighted by atomic mass is 10.0. The molecule has 21 heavy (non-hydrogen) atoms. The molecular weight excluding hydrogens is 302 g/mol. The van der Waals surface area contributed by atoms with Gasteiger partial charge in [0, 0.05) is 21.6 Å². The number of rotatable bonds is 4. The molecule has 112 valence electrons. The van der Waals surface area contributed by atoms with E-state index < -0.39 is 0 Å². The Morgan fingerprint density at radius 3 is 2.43 bits per heavy atom. The van der Waals surface area contributed by atoms with E-state index in [1.807, 2.05) is 41.3 Å². The molecular formula is C16H19NO2S2. The Labute approximate surface area is 133 Å². The third-order valence-corrected chi connectivity index (χ3v) is 6.01. The van der Waals surface area contributed by atoms with Gasteiger partial charge >= 0.3 is 0 Å². The summed E-state index contributed by atoms with van der Waals surface area (Å²) < 4.78 is 10.7. The summed E-state index contributed by atoms with van der Waals surface area (Å²) in [4.78, 5) is 2.71. The average molecular weight is 321 g/mol. The van der Waals surface area contributed by atoms with Crippen molar-refractivity contribution in [2.75, 3.05) is 20.0 Å². The average Bonchev–Trinajstić information content (AvgIpc) is 2.97. The number of aryl methyl sites for hydroxylation is 1. The fourth-order valence-electron chi connectivity index (χ4n) is 2.50. The number of hydrogen-bond acceptors (Lipinski definition) is 5. The molecule has 0 saturated heterocycles. The van der Waals surface area contributed by atoms with Crippen LogP contribution in [0.1, 0.15) is 26.9 Å². The Morgan fingerprint density at radius 2 is 1.81 bits per heavy atom. The predicted octanol–water partition coefficient (Wildman–Crippen LogP) is 3.60. The van der Waals surface area contributed by atoms with Crippen LogP contribution in [-0.2, 0) is 12.2 Å². The van der Waals surface area contributed by atoms with E-state index in [4.69, 9.17) is 15.2 Å². The Kier molecular flexibility index (Phi) is 4.42. The van der Waals surface area contributed by atoms with Crippen molar-refractivity contribution in [1.29, 1.82) is 0 Å². The third-order valence-electron chi connectivity index (χ3n) is 3.69. The summed E-state index contributed by atoms with van der Waals surface area (Å²) in [6.45, 7) is 0. The lowest BCUT2D eigenvalue weighted by Gasteiger charge is -2.13. The van der Waals surface area contributed by atoms with Gasteiger partial charge in [-0.05, 0) is 41.5 Å². The lowest BCUT2D eigenvalue weighted by Crippen LogP contribution is -2.10. The standard InChI is InChI=1S/C16H19NO2S2/c1-18-12-5-10(6-13(8-12)19-2)16(17)15-7-11-9-20-4-3-14(11)21-15/h5-8,16H,3-4,9,17H2,1-2H3. The molecule has 3 rings (SSSR count). The second-order valence-electron chi connectivity index (χ2n) is 5.02. The zero-order chi connectivity index (χ0) is 14.8. The lowest BCUT2D eigenvalue weighted by molar-refractivity contribution is 0.393. The first-order valence-electron chi connectivity index (χ1n) is 6.89. The molecule has 1 aromatic heterocycles. The highest BCUT2D eigenvalue weighted by Crippen LogP contribution is 2.37. The van der Waals surface area contributed by atoms with Gasteiger partial charge in [0.05, 0.1) is 20.3 Å². The maximum atomic E-state index is 6.47. The molecule has 2 aromatic rings. The normalized spacial score (nSPS) is 15.4. The van der Waals surface area contributed by atoms with Crippen molar-refractivity contribution in [2.24, 2.45) is 5.73 Å². The van der Waals surface area contributed by atoms with Gasteiger partial charge in [-0.25, -0.2) is 0 Å². The van der Waals surface area contributed by atoms with Crippen LogP contribution in [0.3, 0.4) is 0 Å². The fourth-order valence-corrected chi connectivity index (χ4v) is 4.90. The molecule has 2 N–H and O–H groups in total. The van der Waals surface area contributed by atoms with E-state index in [9.17, 15) is 0 Å². The number of fused-ring (bicyclic) bond motifs is 1. The summed E-state index contributed by atoms with van der Waals surface area (Å²) in [6.07, 6.45) is 1.17. The topological polar surface area (TPSA) is 44.5 Å². The number of hydrogen-bond donors (Lipinski definition) is 1. The van der Waals surface area contributed by atoms with E-state index in [2.05, 4.69) is 6.07 Å². The number of benzene rings is 1. The SMILES string of the molecule is COc1cc(OC)cc(C(N)c2cc3c(s2)CCSC3)c1. The van der Waals surface area contributed by atoms with Crippen molar-refractivity contribution < 1.29 is 9.47 Å². The highest BCUT2D eigenvalue weighted by Gasteiger charge is 2.19. The third kappa shape index (κ3) is 3.05. The highest BCUT2D eigenvalue weighted by atomic mass is 32.2. The predicted molar refractivity (Wildman–Crippen MR) is 89.8 cm³/mol. The van der Waals surface area contributed by atoms with Gasteiger partial charge in [0.2, 0.25) is 0 Å². The second-order valence-corrected chi connectivity index (χ2v) is 7.30. The van der Waals surface area contributed by atoms with Gasteiger partial charge in [0.25, 0.3) is 0 Å².